The molecule has 0 spiro atoms. The number of carbonyl (C=O) groups excluding carboxylic acids is 3. The van der Waals surface area contributed by atoms with E-state index in [1.54, 1.807) is 6.92 Å². The second-order valence-corrected chi connectivity index (χ2v) is 8.17. The summed E-state index contributed by atoms with van der Waals surface area (Å²) >= 11 is 2.21. The van der Waals surface area contributed by atoms with Crippen LogP contribution < -0.4 is 0 Å². The molecule has 1 rings (SSSR count). The summed E-state index contributed by atoms with van der Waals surface area (Å²) < 4.78 is 10.1. The van der Waals surface area contributed by atoms with Gasteiger partial charge in [0.2, 0.25) is 16.7 Å². The van der Waals surface area contributed by atoms with Crippen molar-refractivity contribution in [3.8, 4) is 0 Å². The average Bonchev–Trinajstić information content (AvgIpc) is 2.69. The zero-order valence-corrected chi connectivity index (χ0v) is 15.1. The molecule has 0 saturated carbocycles. The molecule has 0 radical (unpaired) electrons. The zero-order valence-electron chi connectivity index (χ0n) is 11.9. The summed E-state index contributed by atoms with van der Waals surface area (Å²) in [5.41, 5.74) is 0.191. The Morgan fingerprint density at radius 2 is 2.19 bits per heavy atom. The summed E-state index contributed by atoms with van der Waals surface area (Å²) in [6.45, 7) is 5.91. The van der Waals surface area contributed by atoms with Gasteiger partial charge in [0, 0.05) is 12.0 Å². The number of imide groups is 1. The van der Waals surface area contributed by atoms with Gasteiger partial charge < -0.3 is 9.47 Å². The van der Waals surface area contributed by atoms with E-state index in [1.165, 1.54) is 4.90 Å². The molecule has 0 aliphatic carbocycles. The van der Waals surface area contributed by atoms with Gasteiger partial charge in [0.1, 0.15) is 6.61 Å². The van der Waals surface area contributed by atoms with Gasteiger partial charge in [-0.3, -0.25) is 14.5 Å². The van der Waals surface area contributed by atoms with Crippen LogP contribution in [0, 0.1) is 0 Å². The minimum atomic E-state index is -0.453. The summed E-state index contributed by atoms with van der Waals surface area (Å²) in [5, 5.41) is 0. The van der Waals surface area contributed by atoms with Gasteiger partial charge in [-0.05, 0) is 6.92 Å². The Kier molecular flexibility index (Phi) is 8.43. The van der Waals surface area contributed by atoms with Crippen LogP contribution in [0.4, 0.5) is 0 Å². The first kappa shape index (κ1) is 18.6. The fourth-order valence-corrected chi connectivity index (χ4v) is 4.18. The third-order valence-electron chi connectivity index (χ3n) is 2.84. The van der Waals surface area contributed by atoms with Crippen LogP contribution in [0.1, 0.15) is 13.3 Å². The van der Waals surface area contributed by atoms with Gasteiger partial charge in [0.25, 0.3) is 0 Å². The predicted octanol–water partition coefficient (Wildman–Crippen LogP) is 0.630. The average molecular weight is 425 g/mol. The number of carbonyl (C=O) groups is 3. The van der Waals surface area contributed by atoms with Gasteiger partial charge in [-0.15, -0.1) is 30.8 Å². The number of hydrogen-bond donors (Lipinski definition) is 0. The summed E-state index contributed by atoms with van der Waals surface area (Å²) in [6.07, 6.45) is 0.316. The number of esters is 1. The molecule has 1 heterocycles. The van der Waals surface area contributed by atoms with Gasteiger partial charge in [0.15, 0.2) is 0 Å². The summed E-state index contributed by atoms with van der Waals surface area (Å²) in [6, 6.07) is 0. The van der Waals surface area contributed by atoms with Crippen molar-refractivity contribution in [3.63, 3.8) is 0 Å². The van der Waals surface area contributed by atoms with E-state index < -0.39 is 5.97 Å². The molecule has 1 fully saturated rings. The summed E-state index contributed by atoms with van der Waals surface area (Å²) in [4.78, 5) is 36.9. The normalized spacial score (nSPS) is 18.6. The Morgan fingerprint density at radius 3 is 2.81 bits per heavy atom. The topological polar surface area (TPSA) is 72.9 Å². The Bertz CT molecular complexity index is 434. The van der Waals surface area contributed by atoms with Crippen molar-refractivity contribution in [2.75, 3.05) is 26.4 Å². The fourth-order valence-electron chi connectivity index (χ4n) is 1.75. The molecule has 2 atom stereocenters. The minimum absolute atomic E-state index is 0.0905. The number of likely N-dealkylation sites (tertiary alicyclic amines) is 1. The van der Waals surface area contributed by atoms with Crippen molar-refractivity contribution in [1.29, 1.82) is 0 Å². The van der Waals surface area contributed by atoms with Crippen LogP contribution in [0.2, 0.25) is 0 Å². The molecule has 2 unspecified atom stereocenters. The maximum Gasteiger partial charge on any atom is 0.333 e. The first-order valence-corrected chi connectivity index (χ1v) is 9.32. The fraction of sp³-hybridized carbons (Fsp3) is 0.583. The number of halogens is 1. The van der Waals surface area contributed by atoms with E-state index in [4.69, 9.17) is 9.47 Å². The summed E-state index contributed by atoms with van der Waals surface area (Å²) in [7, 11) is 0.489. The van der Waals surface area contributed by atoms with Gasteiger partial charge in [-0.2, -0.15) is 0 Å². The minimum Gasteiger partial charge on any atom is -0.460 e. The van der Waals surface area contributed by atoms with Crippen LogP contribution in [-0.2, 0) is 23.9 Å². The predicted molar refractivity (Wildman–Crippen MR) is 91.2 cm³/mol. The largest absolute Gasteiger partial charge is 0.460 e. The van der Waals surface area contributed by atoms with Gasteiger partial charge >= 0.3 is 5.97 Å². The lowest BCUT2D eigenvalue weighted by Gasteiger charge is -2.14. The second-order valence-electron chi connectivity index (χ2n) is 4.51. The van der Waals surface area contributed by atoms with Crippen molar-refractivity contribution >= 4 is 53.5 Å². The highest BCUT2D eigenvalue weighted by Crippen LogP contribution is 2.29. The quantitative estimate of drug-likeness (QED) is 0.103. The Balaban J connectivity index is 2.18. The molecule has 0 N–H and O–H groups in total. The first-order valence-electron chi connectivity index (χ1n) is 6.51. The van der Waals surface area contributed by atoms with Crippen LogP contribution in [0.3, 0.4) is 0 Å². The Labute approximate surface area is 139 Å². The van der Waals surface area contributed by atoms with E-state index in [2.05, 4.69) is 29.0 Å². The maximum atomic E-state index is 12.0. The molecule has 0 aromatic carbocycles. The Morgan fingerprint density at radius 1 is 1.48 bits per heavy atom. The third-order valence-corrected chi connectivity index (χ3v) is 5.26. The van der Waals surface area contributed by atoms with E-state index in [1.807, 2.05) is 0 Å². The molecule has 9 heteroatoms. The zero-order chi connectivity index (χ0) is 15.8. The van der Waals surface area contributed by atoms with Crippen molar-refractivity contribution in [1.82, 2.24) is 4.90 Å². The molecule has 21 heavy (non-hydrogen) atoms. The van der Waals surface area contributed by atoms with E-state index in [0.717, 1.165) is 4.86 Å². The molecule has 1 saturated heterocycles. The molecule has 1 aliphatic rings. The van der Waals surface area contributed by atoms with Gasteiger partial charge in [-0.25, -0.2) is 4.79 Å². The molecule has 6 nitrogen and oxygen atoms in total. The smallest absolute Gasteiger partial charge is 0.333 e. The van der Waals surface area contributed by atoms with E-state index in [9.17, 15) is 14.4 Å². The van der Waals surface area contributed by atoms with Crippen LogP contribution in [0.25, 0.3) is 0 Å². The molecular weight excluding hydrogens is 407 g/mol. The molecule has 116 valence electrons. The highest BCUT2D eigenvalue weighted by Gasteiger charge is 2.37. The molecule has 0 bridgehead atoms. The van der Waals surface area contributed by atoms with E-state index in [0.29, 0.717) is 20.5 Å². The van der Waals surface area contributed by atoms with Crippen molar-refractivity contribution < 1.29 is 23.9 Å². The van der Waals surface area contributed by atoms with Crippen LogP contribution in [0.5, 0.6) is 0 Å². The van der Waals surface area contributed by atoms with Crippen molar-refractivity contribution in [2.24, 2.45) is 0 Å². The molecule has 2 amide bonds. The number of nitrogens with zero attached hydrogens (tertiary/aromatic N) is 1. The van der Waals surface area contributed by atoms with E-state index >= 15 is 0 Å². The summed E-state index contributed by atoms with van der Waals surface area (Å²) in [5.74, 6) is -0.668. The van der Waals surface area contributed by atoms with Crippen molar-refractivity contribution in [3.05, 3.63) is 12.2 Å². The molecule has 1 aliphatic heterocycles. The van der Waals surface area contributed by atoms with E-state index in [-0.39, 0.29) is 43.8 Å². The van der Waals surface area contributed by atoms with Gasteiger partial charge in [-0.1, -0.05) is 6.58 Å². The van der Waals surface area contributed by atoms with Crippen molar-refractivity contribution in [2.45, 2.75) is 19.0 Å². The SMILES string of the molecule is C=C(C)C(=O)OCCOCCN1C(=O)CC(PBI)C1=O. The molecule has 0 aromatic rings. The van der Waals surface area contributed by atoms with Crippen LogP contribution in [-0.4, -0.2) is 59.6 Å². The molecule has 0 aromatic heterocycles. The number of amides is 2. The number of hydrogen-bond acceptors (Lipinski definition) is 5. The number of rotatable bonds is 9. The lowest BCUT2D eigenvalue weighted by atomic mass is 10.3. The maximum absolute atomic E-state index is 12.0. The standard InChI is InChI=1S/C12H18BINO5P/c1-8(2)12(18)20-6-5-19-4-3-15-10(16)7-9(11(15)17)21-13-14/h9,13,21H,1,3-7H2,2H3. The second kappa shape index (κ2) is 9.53. The Hall–Kier alpha value is -0.465. The first-order chi connectivity index (χ1) is 9.97. The highest BCUT2D eigenvalue weighted by atomic mass is 127. The van der Waals surface area contributed by atoms with Gasteiger partial charge in [0.05, 0.1) is 25.4 Å². The van der Waals surface area contributed by atoms with Crippen LogP contribution in [0.15, 0.2) is 12.2 Å². The monoisotopic (exact) mass is 425 g/mol. The lowest BCUT2D eigenvalue weighted by Crippen LogP contribution is -2.34. The number of ether oxygens (including phenoxy) is 2. The third kappa shape index (κ3) is 6.04. The molecular formula is C12H18BINO5P. The lowest BCUT2D eigenvalue weighted by molar-refractivity contribution is -0.140. The highest BCUT2D eigenvalue weighted by molar-refractivity contribution is 14.1. The van der Waals surface area contributed by atoms with Crippen LogP contribution >= 0.6 is 30.8 Å².